The highest BCUT2D eigenvalue weighted by molar-refractivity contribution is 5.74. The maximum absolute atomic E-state index is 11.7. The minimum absolute atomic E-state index is 0.108. The second kappa shape index (κ2) is 8.24. The van der Waals surface area contributed by atoms with Crippen molar-refractivity contribution >= 4 is 5.91 Å². The van der Waals surface area contributed by atoms with Crippen LogP contribution < -0.4 is 19.5 Å². The summed E-state index contributed by atoms with van der Waals surface area (Å²) in [4.78, 5) is 11.7. The summed E-state index contributed by atoms with van der Waals surface area (Å²) in [5, 5.41) is 2.98. The van der Waals surface area contributed by atoms with E-state index in [-0.39, 0.29) is 11.9 Å². The van der Waals surface area contributed by atoms with Crippen molar-refractivity contribution in [3.63, 3.8) is 0 Å². The monoisotopic (exact) mass is 329 g/mol. The van der Waals surface area contributed by atoms with E-state index in [1.807, 2.05) is 49.4 Å². The first-order valence-corrected chi connectivity index (χ1v) is 7.80. The van der Waals surface area contributed by atoms with Crippen molar-refractivity contribution in [3.8, 4) is 17.2 Å². The molecule has 2 aromatic carbocycles. The second-order valence-corrected chi connectivity index (χ2v) is 5.25. The summed E-state index contributed by atoms with van der Waals surface area (Å²) in [7, 11) is 3.18. The average molecular weight is 329 g/mol. The molecule has 0 aliphatic rings. The molecule has 5 nitrogen and oxygen atoms in total. The fraction of sp³-hybridized carbons (Fsp3) is 0.316. The number of hydrogen-bond donors (Lipinski definition) is 1. The first kappa shape index (κ1) is 17.7. The average Bonchev–Trinajstić information content (AvgIpc) is 2.60. The summed E-state index contributed by atoms with van der Waals surface area (Å²) in [6.07, 6.45) is 0. The smallest absolute Gasteiger partial charge is 0.217 e. The molecule has 0 bridgehead atoms. The lowest BCUT2D eigenvalue weighted by atomic mass is 9.98. The van der Waals surface area contributed by atoms with Crippen LogP contribution >= 0.6 is 0 Å². The maximum atomic E-state index is 11.7. The zero-order chi connectivity index (χ0) is 17.5. The van der Waals surface area contributed by atoms with Gasteiger partial charge < -0.3 is 19.5 Å². The Labute approximate surface area is 142 Å². The zero-order valence-electron chi connectivity index (χ0n) is 14.5. The summed E-state index contributed by atoms with van der Waals surface area (Å²) in [5.41, 5.74) is 1.87. The van der Waals surface area contributed by atoms with E-state index < -0.39 is 0 Å². The lowest BCUT2D eigenvalue weighted by Gasteiger charge is -2.20. The van der Waals surface area contributed by atoms with Gasteiger partial charge in [0.1, 0.15) is 5.75 Å². The van der Waals surface area contributed by atoms with Crippen LogP contribution in [-0.2, 0) is 4.79 Å². The topological polar surface area (TPSA) is 56.8 Å². The van der Waals surface area contributed by atoms with Crippen molar-refractivity contribution < 1.29 is 19.0 Å². The summed E-state index contributed by atoms with van der Waals surface area (Å²) >= 11 is 0. The number of carbonyl (C=O) groups is 1. The van der Waals surface area contributed by atoms with E-state index in [0.717, 1.165) is 16.9 Å². The second-order valence-electron chi connectivity index (χ2n) is 5.25. The van der Waals surface area contributed by atoms with Gasteiger partial charge >= 0.3 is 0 Å². The van der Waals surface area contributed by atoms with Crippen molar-refractivity contribution in [3.05, 3.63) is 53.6 Å². The van der Waals surface area contributed by atoms with E-state index in [0.29, 0.717) is 18.1 Å². The molecule has 2 aromatic rings. The van der Waals surface area contributed by atoms with Crippen molar-refractivity contribution in [2.24, 2.45) is 0 Å². The molecular weight excluding hydrogens is 306 g/mol. The van der Waals surface area contributed by atoms with Crippen molar-refractivity contribution in [2.75, 3.05) is 20.8 Å². The number of nitrogens with one attached hydrogen (secondary N) is 1. The lowest BCUT2D eigenvalue weighted by Crippen LogP contribution is -2.26. The summed E-state index contributed by atoms with van der Waals surface area (Å²) in [6.45, 7) is 4.06. The van der Waals surface area contributed by atoms with Gasteiger partial charge in [0.05, 0.1) is 26.9 Å². The number of benzene rings is 2. The molecule has 0 unspecified atom stereocenters. The lowest BCUT2D eigenvalue weighted by molar-refractivity contribution is -0.119. The van der Waals surface area contributed by atoms with Crippen LogP contribution in [0.3, 0.4) is 0 Å². The Bertz CT molecular complexity index is 682. The molecule has 5 heteroatoms. The largest absolute Gasteiger partial charge is 0.494 e. The molecule has 0 aliphatic carbocycles. The van der Waals surface area contributed by atoms with Crippen LogP contribution in [0.5, 0.6) is 17.2 Å². The Morgan fingerprint density at radius 3 is 2.17 bits per heavy atom. The van der Waals surface area contributed by atoms with Gasteiger partial charge in [0.2, 0.25) is 5.91 Å². The van der Waals surface area contributed by atoms with E-state index in [4.69, 9.17) is 14.2 Å². The molecule has 0 aliphatic heterocycles. The van der Waals surface area contributed by atoms with Gasteiger partial charge in [-0.3, -0.25) is 4.79 Å². The number of hydrogen-bond acceptors (Lipinski definition) is 4. The van der Waals surface area contributed by atoms with Crippen LogP contribution in [0, 0.1) is 0 Å². The molecule has 1 N–H and O–H groups in total. The van der Waals surface area contributed by atoms with Gasteiger partial charge in [-0.05, 0) is 42.3 Å². The predicted octanol–water partition coefficient (Wildman–Crippen LogP) is 3.33. The molecular formula is C19H23NO4. The molecule has 0 saturated carbocycles. The Balaban J connectivity index is 2.39. The van der Waals surface area contributed by atoms with Crippen LogP contribution in [0.15, 0.2) is 42.5 Å². The number of carbonyl (C=O) groups excluding carboxylic acids is 1. The molecule has 1 atom stereocenters. The summed E-state index contributed by atoms with van der Waals surface area (Å²) in [5.74, 6) is 1.96. The zero-order valence-corrected chi connectivity index (χ0v) is 14.5. The third-order valence-electron chi connectivity index (χ3n) is 3.61. The molecule has 1 amide bonds. The van der Waals surface area contributed by atoms with Gasteiger partial charge in [-0.15, -0.1) is 0 Å². The van der Waals surface area contributed by atoms with Gasteiger partial charge in [0.15, 0.2) is 11.5 Å². The normalized spacial score (nSPS) is 11.5. The first-order valence-electron chi connectivity index (χ1n) is 7.80. The highest BCUT2D eigenvalue weighted by Gasteiger charge is 2.17. The van der Waals surface area contributed by atoms with Crippen molar-refractivity contribution in [1.29, 1.82) is 0 Å². The van der Waals surface area contributed by atoms with E-state index in [2.05, 4.69) is 5.32 Å². The Morgan fingerprint density at radius 2 is 1.62 bits per heavy atom. The molecule has 0 heterocycles. The Hall–Kier alpha value is -2.69. The van der Waals surface area contributed by atoms with Crippen LogP contribution in [-0.4, -0.2) is 26.7 Å². The van der Waals surface area contributed by atoms with Gasteiger partial charge in [-0.2, -0.15) is 0 Å². The van der Waals surface area contributed by atoms with E-state index in [9.17, 15) is 4.79 Å². The highest BCUT2D eigenvalue weighted by Crippen LogP contribution is 2.32. The third kappa shape index (κ3) is 4.19. The predicted molar refractivity (Wildman–Crippen MR) is 92.8 cm³/mol. The fourth-order valence-corrected chi connectivity index (χ4v) is 2.52. The van der Waals surface area contributed by atoms with Crippen molar-refractivity contribution in [1.82, 2.24) is 5.32 Å². The quantitative estimate of drug-likeness (QED) is 0.846. The number of amides is 1. The third-order valence-corrected chi connectivity index (χ3v) is 3.61. The van der Waals surface area contributed by atoms with E-state index in [1.54, 1.807) is 14.2 Å². The number of rotatable bonds is 7. The molecule has 0 fully saturated rings. The molecule has 0 radical (unpaired) electrons. The fourth-order valence-electron chi connectivity index (χ4n) is 2.52. The van der Waals surface area contributed by atoms with Crippen LogP contribution in [0.2, 0.25) is 0 Å². The summed E-state index contributed by atoms with van der Waals surface area (Å²) < 4.78 is 16.1. The molecule has 2 rings (SSSR count). The molecule has 0 spiro atoms. The van der Waals surface area contributed by atoms with Gasteiger partial charge in [0.25, 0.3) is 0 Å². The molecule has 0 saturated heterocycles. The SMILES string of the molecule is CCOc1ccc([C@H](NC(C)=O)c2ccc(OC)c(OC)c2)cc1. The van der Waals surface area contributed by atoms with Crippen LogP contribution in [0.1, 0.15) is 31.0 Å². The Morgan fingerprint density at radius 1 is 1.00 bits per heavy atom. The minimum atomic E-state index is -0.280. The molecule has 128 valence electrons. The Kier molecular flexibility index (Phi) is 6.07. The minimum Gasteiger partial charge on any atom is -0.494 e. The van der Waals surface area contributed by atoms with Gasteiger partial charge in [0, 0.05) is 6.92 Å². The van der Waals surface area contributed by atoms with Crippen LogP contribution in [0.4, 0.5) is 0 Å². The van der Waals surface area contributed by atoms with Crippen LogP contribution in [0.25, 0.3) is 0 Å². The highest BCUT2D eigenvalue weighted by atomic mass is 16.5. The summed E-state index contributed by atoms with van der Waals surface area (Å²) in [6, 6.07) is 13.0. The maximum Gasteiger partial charge on any atom is 0.217 e. The van der Waals surface area contributed by atoms with Gasteiger partial charge in [-0.1, -0.05) is 18.2 Å². The number of methoxy groups -OCH3 is 2. The first-order chi connectivity index (χ1) is 11.6. The number of ether oxygens (including phenoxy) is 3. The molecule has 24 heavy (non-hydrogen) atoms. The standard InChI is InChI=1S/C19H23NO4/c1-5-24-16-9-6-14(7-10-16)19(20-13(2)21)15-8-11-17(22-3)18(12-15)23-4/h6-12,19H,5H2,1-4H3,(H,20,21)/t19-/m0/s1. The van der Waals surface area contributed by atoms with Crippen molar-refractivity contribution in [2.45, 2.75) is 19.9 Å². The van der Waals surface area contributed by atoms with E-state index in [1.165, 1.54) is 6.92 Å². The van der Waals surface area contributed by atoms with E-state index >= 15 is 0 Å². The molecule has 0 aromatic heterocycles. The van der Waals surface area contributed by atoms with Gasteiger partial charge in [-0.25, -0.2) is 0 Å².